The van der Waals surface area contributed by atoms with E-state index >= 15 is 0 Å². The van der Waals surface area contributed by atoms with Crippen LogP contribution in [0.1, 0.15) is 43.0 Å². The van der Waals surface area contributed by atoms with Crippen molar-refractivity contribution in [2.75, 3.05) is 13.1 Å². The van der Waals surface area contributed by atoms with Crippen molar-refractivity contribution in [3.8, 4) is 0 Å². The molecule has 6 nitrogen and oxygen atoms in total. The second kappa shape index (κ2) is 7.27. The van der Waals surface area contributed by atoms with Crippen LogP contribution in [-0.2, 0) is 16.4 Å². The predicted molar refractivity (Wildman–Crippen MR) is 91.6 cm³/mol. The van der Waals surface area contributed by atoms with Gasteiger partial charge >= 0.3 is 0 Å². The Morgan fingerprint density at radius 2 is 2.12 bits per heavy atom. The van der Waals surface area contributed by atoms with Crippen LogP contribution in [0, 0.1) is 0 Å². The average Bonchev–Trinajstić information content (AvgIpc) is 3.10. The summed E-state index contributed by atoms with van der Waals surface area (Å²) in [4.78, 5) is 4.35. The van der Waals surface area contributed by atoms with E-state index in [1.807, 2.05) is 37.3 Å². The number of aromatic nitrogens is 2. The van der Waals surface area contributed by atoms with Gasteiger partial charge in [0.05, 0.1) is 0 Å². The smallest absolute Gasteiger partial charge is 0.236 e. The van der Waals surface area contributed by atoms with Crippen molar-refractivity contribution in [1.29, 1.82) is 0 Å². The van der Waals surface area contributed by atoms with Crippen molar-refractivity contribution in [3.05, 3.63) is 53.0 Å². The average molecular weight is 347 g/mol. The molecule has 24 heavy (non-hydrogen) atoms. The molecule has 1 aliphatic heterocycles. The van der Waals surface area contributed by atoms with Gasteiger partial charge in [0, 0.05) is 30.8 Å². The molecule has 1 atom stereocenters. The summed E-state index contributed by atoms with van der Waals surface area (Å²) < 4.78 is 31.8. The van der Waals surface area contributed by atoms with Crippen molar-refractivity contribution in [3.63, 3.8) is 0 Å². The molecule has 2 aromatic rings. The first-order chi connectivity index (χ1) is 11.6. The zero-order valence-electron chi connectivity index (χ0n) is 13.6. The Morgan fingerprint density at radius 1 is 1.33 bits per heavy atom. The van der Waals surface area contributed by atoms with Crippen LogP contribution in [0.4, 0.5) is 0 Å². The van der Waals surface area contributed by atoms with Crippen LogP contribution in [0.2, 0.25) is 0 Å². The van der Waals surface area contributed by atoms with Crippen LogP contribution in [-0.4, -0.2) is 36.0 Å². The predicted octanol–water partition coefficient (Wildman–Crippen LogP) is 2.81. The molecular formula is C17H21N3O3S. The highest BCUT2D eigenvalue weighted by Gasteiger charge is 2.30. The molecule has 0 radical (unpaired) electrons. The summed E-state index contributed by atoms with van der Waals surface area (Å²) in [5.41, 5.74) is 0.861. The van der Waals surface area contributed by atoms with Crippen molar-refractivity contribution < 1.29 is 12.9 Å². The lowest BCUT2D eigenvalue weighted by Crippen LogP contribution is -2.38. The first kappa shape index (κ1) is 16.9. The van der Waals surface area contributed by atoms with E-state index < -0.39 is 10.0 Å². The van der Waals surface area contributed by atoms with Gasteiger partial charge in [-0.2, -0.15) is 9.29 Å². The summed E-state index contributed by atoms with van der Waals surface area (Å²) >= 11 is 0. The Hall–Kier alpha value is -1.99. The molecule has 1 fully saturated rings. The Balaban J connectivity index is 1.72. The van der Waals surface area contributed by atoms with E-state index in [0.717, 1.165) is 18.4 Å². The lowest BCUT2D eigenvalue weighted by molar-refractivity contribution is 0.303. The SMILES string of the molecule is CCc1nc([C@@H]2CCCN(S(=O)(=O)/C=C/c3ccccc3)C2)no1. The van der Waals surface area contributed by atoms with E-state index in [0.29, 0.717) is 31.2 Å². The van der Waals surface area contributed by atoms with Crippen LogP contribution < -0.4 is 0 Å². The molecule has 1 aliphatic rings. The zero-order chi connectivity index (χ0) is 17.0. The van der Waals surface area contributed by atoms with Crippen LogP contribution in [0.5, 0.6) is 0 Å². The van der Waals surface area contributed by atoms with Gasteiger partial charge in [0.2, 0.25) is 15.9 Å². The fourth-order valence-corrected chi connectivity index (χ4v) is 4.05. The molecule has 1 saturated heterocycles. The summed E-state index contributed by atoms with van der Waals surface area (Å²) in [5.74, 6) is 1.19. The summed E-state index contributed by atoms with van der Waals surface area (Å²) in [6.07, 6.45) is 3.97. The quantitative estimate of drug-likeness (QED) is 0.831. The third-order valence-corrected chi connectivity index (χ3v) is 5.66. The minimum absolute atomic E-state index is 0.0114. The number of hydrogen-bond donors (Lipinski definition) is 0. The van der Waals surface area contributed by atoms with Crippen LogP contribution in [0.3, 0.4) is 0 Å². The number of hydrogen-bond acceptors (Lipinski definition) is 5. The van der Waals surface area contributed by atoms with Gasteiger partial charge in [-0.05, 0) is 24.5 Å². The molecule has 2 heterocycles. The molecule has 1 aromatic carbocycles. The zero-order valence-corrected chi connectivity index (χ0v) is 14.4. The standard InChI is InChI=1S/C17H21N3O3S/c1-2-16-18-17(19-23-16)15-9-6-11-20(13-15)24(21,22)12-10-14-7-4-3-5-8-14/h3-5,7-8,10,12,15H,2,6,9,11,13H2,1H3/b12-10+/t15-/m1/s1. The number of sulfonamides is 1. The number of nitrogens with zero attached hydrogens (tertiary/aromatic N) is 3. The third kappa shape index (κ3) is 3.91. The summed E-state index contributed by atoms with van der Waals surface area (Å²) in [7, 11) is -3.45. The molecule has 0 N–H and O–H groups in total. The normalized spacial score (nSPS) is 19.8. The molecule has 0 saturated carbocycles. The van der Waals surface area contributed by atoms with Crippen molar-refractivity contribution >= 4 is 16.1 Å². The topological polar surface area (TPSA) is 76.3 Å². The van der Waals surface area contributed by atoms with Crippen LogP contribution in [0.25, 0.3) is 6.08 Å². The number of piperidine rings is 1. The Bertz CT molecular complexity index is 799. The van der Waals surface area contributed by atoms with E-state index in [4.69, 9.17) is 4.52 Å². The van der Waals surface area contributed by atoms with Crippen LogP contribution in [0.15, 0.2) is 40.3 Å². The van der Waals surface area contributed by atoms with Crippen molar-refractivity contribution in [1.82, 2.24) is 14.4 Å². The summed E-state index contributed by atoms with van der Waals surface area (Å²) in [5, 5.41) is 5.27. The lowest BCUT2D eigenvalue weighted by Gasteiger charge is -2.29. The van der Waals surface area contributed by atoms with Gasteiger partial charge in [-0.3, -0.25) is 0 Å². The lowest BCUT2D eigenvalue weighted by atomic mass is 9.99. The van der Waals surface area contributed by atoms with Gasteiger partial charge in [-0.15, -0.1) is 0 Å². The van der Waals surface area contributed by atoms with E-state index in [9.17, 15) is 8.42 Å². The maximum Gasteiger partial charge on any atom is 0.236 e. The van der Waals surface area contributed by atoms with E-state index in [1.54, 1.807) is 6.08 Å². The monoisotopic (exact) mass is 347 g/mol. The first-order valence-corrected chi connectivity index (χ1v) is 9.64. The molecule has 0 amide bonds. The Labute approximate surface area is 142 Å². The second-order valence-electron chi connectivity index (χ2n) is 5.86. The minimum Gasteiger partial charge on any atom is -0.339 e. The van der Waals surface area contributed by atoms with Gasteiger partial charge in [0.25, 0.3) is 0 Å². The number of rotatable bonds is 5. The summed E-state index contributed by atoms with van der Waals surface area (Å²) in [6.45, 7) is 2.86. The van der Waals surface area contributed by atoms with Gasteiger partial charge in [0.15, 0.2) is 5.82 Å². The maximum atomic E-state index is 12.6. The molecule has 1 aromatic heterocycles. The van der Waals surface area contributed by atoms with Gasteiger partial charge < -0.3 is 4.52 Å². The van der Waals surface area contributed by atoms with Crippen molar-refractivity contribution in [2.45, 2.75) is 32.1 Å². The first-order valence-electron chi connectivity index (χ1n) is 8.14. The molecule has 3 rings (SSSR count). The highest BCUT2D eigenvalue weighted by atomic mass is 32.2. The second-order valence-corrected chi connectivity index (χ2v) is 7.67. The Kier molecular flexibility index (Phi) is 5.11. The van der Waals surface area contributed by atoms with E-state index in [1.165, 1.54) is 9.71 Å². The molecule has 7 heteroatoms. The summed E-state index contributed by atoms with van der Waals surface area (Å²) in [6, 6.07) is 9.40. The van der Waals surface area contributed by atoms with E-state index in [-0.39, 0.29) is 5.92 Å². The van der Waals surface area contributed by atoms with Gasteiger partial charge in [-0.25, -0.2) is 8.42 Å². The molecule has 0 spiro atoms. The van der Waals surface area contributed by atoms with Gasteiger partial charge in [0.1, 0.15) is 0 Å². The fraction of sp³-hybridized carbons (Fsp3) is 0.412. The highest BCUT2D eigenvalue weighted by molar-refractivity contribution is 7.92. The third-order valence-electron chi connectivity index (χ3n) is 4.13. The number of benzene rings is 1. The van der Waals surface area contributed by atoms with Gasteiger partial charge in [-0.1, -0.05) is 42.4 Å². The Morgan fingerprint density at radius 3 is 2.83 bits per heavy atom. The molecule has 0 unspecified atom stereocenters. The highest BCUT2D eigenvalue weighted by Crippen LogP contribution is 2.27. The molecule has 0 aliphatic carbocycles. The minimum atomic E-state index is -3.45. The van der Waals surface area contributed by atoms with E-state index in [2.05, 4.69) is 10.1 Å². The van der Waals surface area contributed by atoms with Crippen LogP contribution >= 0.6 is 0 Å². The molecular weight excluding hydrogens is 326 g/mol. The largest absolute Gasteiger partial charge is 0.339 e. The maximum absolute atomic E-state index is 12.6. The fourth-order valence-electron chi connectivity index (χ4n) is 2.78. The molecule has 128 valence electrons. The number of aryl methyl sites for hydroxylation is 1. The van der Waals surface area contributed by atoms with Crippen molar-refractivity contribution in [2.24, 2.45) is 0 Å². The molecule has 0 bridgehead atoms.